The molecule has 0 amide bonds. The third-order valence-corrected chi connectivity index (χ3v) is 6.27. The minimum absolute atomic E-state index is 0.0292. The Labute approximate surface area is 151 Å². The summed E-state index contributed by atoms with van der Waals surface area (Å²) in [5.74, 6) is 0.336. The number of Topliss-reactive ketones (excluding diaryl/α,β-unsaturated/α-hetero) is 1. The minimum atomic E-state index is -3.64. The first-order chi connectivity index (χ1) is 12.4. The lowest BCUT2D eigenvalue weighted by Crippen LogP contribution is -2.30. The molecule has 0 saturated carbocycles. The zero-order valence-corrected chi connectivity index (χ0v) is 15.2. The first kappa shape index (κ1) is 18.3. The molecule has 1 aliphatic rings. The van der Waals surface area contributed by atoms with Crippen LogP contribution in [0.2, 0.25) is 0 Å². The molecule has 1 aromatic carbocycles. The lowest BCUT2D eigenvalue weighted by molar-refractivity contribution is 0.0970. The lowest BCUT2D eigenvalue weighted by Gasteiger charge is -2.16. The second-order valence-electron chi connectivity index (χ2n) is 6.09. The van der Waals surface area contributed by atoms with Crippen LogP contribution in [0.3, 0.4) is 0 Å². The van der Waals surface area contributed by atoms with Gasteiger partial charge in [-0.2, -0.15) is 4.31 Å². The maximum Gasteiger partial charge on any atom is 0.251 e. The molecular weight excluding hydrogens is 356 g/mol. The summed E-state index contributed by atoms with van der Waals surface area (Å²) >= 11 is 0. The number of methoxy groups -OCH3 is 1. The number of benzene rings is 1. The molecule has 0 spiro atoms. The molecule has 0 aliphatic carbocycles. The number of ether oxygens (including phenoxy) is 1. The fraction of sp³-hybridized carbons (Fsp3) is 0.333. The van der Waals surface area contributed by atoms with Crippen LogP contribution in [0.1, 0.15) is 23.2 Å². The zero-order valence-electron chi connectivity index (χ0n) is 14.4. The van der Waals surface area contributed by atoms with E-state index in [0.717, 1.165) is 17.4 Å². The van der Waals surface area contributed by atoms with Crippen molar-refractivity contribution in [3.63, 3.8) is 0 Å². The van der Waals surface area contributed by atoms with Gasteiger partial charge in [0.25, 0.3) is 5.56 Å². The molecule has 7 nitrogen and oxygen atoms in total. The molecular formula is C18H20N2O5S. The quantitative estimate of drug-likeness (QED) is 0.714. The smallest absolute Gasteiger partial charge is 0.251 e. The maximum absolute atomic E-state index is 12.6. The Morgan fingerprint density at radius 3 is 2.35 bits per heavy atom. The Hall–Kier alpha value is -2.45. The summed E-state index contributed by atoms with van der Waals surface area (Å²) in [6.07, 6.45) is 2.90. The Bertz CT molecular complexity index is 958. The van der Waals surface area contributed by atoms with Crippen LogP contribution >= 0.6 is 0 Å². The van der Waals surface area contributed by atoms with Crippen molar-refractivity contribution in [2.45, 2.75) is 24.3 Å². The second kappa shape index (κ2) is 7.43. The summed E-state index contributed by atoms with van der Waals surface area (Å²) in [4.78, 5) is 24.5. The van der Waals surface area contributed by atoms with Crippen molar-refractivity contribution in [1.82, 2.24) is 8.87 Å². The van der Waals surface area contributed by atoms with Gasteiger partial charge in [0.1, 0.15) is 5.75 Å². The number of carbonyl (C=O) groups is 1. The normalized spacial score (nSPS) is 15.1. The summed E-state index contributed by atoms with van der Waals surface area (Å²) in [7, 11) is -2.11. The predicted molar refractivity (Wildman–Crippen MR) is 96.0 cm³/mol. The monoisotopic (exact) mass is 376 g/mol. The highest BCUT2D eigenvalue weighted by atomic mass is 32.2. The molecule has 138 valence electrons. The van der Waals surface area contributed by atoms with Crippen molar-refractivity contribution in [1.29, 1.82) is 0 Å². The van der Waals surface area contributed by atoms with Crippen LogP contribution in [0, 0.1) is 0 Å². The summed E-state index contributed by atoms with van der Waals surface area (Å²) in [5.41, 5.74) is -0.00210. The largest absolute Gasteiger partial charge is 0.497 e. The first-order valence-corrected chi connectivity index (χ1v) is 9.74. The average Bonchev–Trinajstić information content (AvgIpc) is 3.19. The number of sulfonamides is 1. The van der Waals surface area contributed by atoms with Crippen LogP contribution in [-0.2, 0) is 16.6 Å². The Morgan fingerprint density at radius 2 is 1.73 bits per heavy atom. The summed E-state index contributed by atoms with van der Waals surface area (Å²) in [5, 5.41) is 0. The van der Waals surface area contributed by atoms with Gasteiger partial charge in [-0.25, -0.2) is 8.42 Å². The highest BCUT2D eigenvalue weighted by molar-refractivity contribution is 7.89. The lowest BCUT2D eigenvalue weighted by atomic mass is 10.1. The van der Waals surface area contributed by atoms with Crippen LogP contribution in [-0.4, -0.2) is 43.3 Å². The van der Waals surface area contributed by atoms with Gasteiger partial charge >= 0.3 is 0 Å². The van der Waals surface area contributed by atoms with E-state index < -0.39 is 15.6 Å². The third-order valence-electron chi connectivity index (χ3n) is 4.39. The van der Waals surface area contributed by atoms with Crippen LogP contribution in [0.15, 0.2) is 52.3 Å². The third kappa shape index (κ3) is 3.71. The standard InChI is InChI=1S/C18H20N2O5S/c1-25-15-6-4-14(5-7-15)17(21)13-19-12-16(8-9-18(19)22)26(23,24)20-10-2-3-11-20/h4-9,12H,2-3,10-11,13H2,1H3. The summed E-state index contributed by atoms with van der Waals surface area (Å²) in [6.45, 7) is 0.729. The molecule has 0 radical (unpaired) electrons. The number of aromatic nitrogens is 1. The maximum atomic E-state index is 12.6. The van der Waals surface area contributed by atoms with E-state index in [2.05, 4.69) is 0 Å². The molecule has 2 heterocycles. The molecule has 1 fully saturated rings. The topological polar surface area (TPSA) is 85.7 Å². The molecule has 1 aliphatic heterocycles. The van der Waals surface area contributed by atoms with Crippen molar-refractivity contribution in [2.75, 3.05) is 20.2 Å². The Morgan fingerprint density at radius 1 is 1.08 bits per heavy atom. The van der Waals surface area contributed by atoms with Crippen molar-refractivity contribution in [3.8, 4) is 5.75 Å². The number of nitrogens with zero attached hydrogens (tertiary/aromatic N) is 2. The van der Waals surface area contributed by atoms with Gasteiger partial charge in [-0.05, 0) is 43.2 Å². The van der Waals surface area contributed by atoms with E-state index >= 15 is 0 Å². The number of hydrogen-bond donors (Lipinski definition) is 0. The number of pyridine rings is 1. The van der Waals surface area contributed by atoms with Gasteiger partial charge in [0.15, 0.2) is 5.78 Å². The first-order valence-electron chi connectivity index (χ1n) is 8.30. The number of hydrogen-bond acceptors (Lipinski definition) is 5. The van der Waals surface area contributed by atoms with E-state index in [1.54, 1.807) is 24.3 Å². The van der Waals surface area contributed by atoms with Gasteiger partial charge in [0.05, 0.1) is 18.6 Å². The predicted octanol–water partition coefficient (Wildman–Crippen LogP) is 1.52. The average molecular weight is 376 g/mol. The minimum Gasteiger partial charge on any atom is -0.497 e. The van der Waals surface area contributed by atoms with E-state index in [9.17, 15) is 18.0 Å². The molecule has 26 heavy (non-hydrogen) atoms. The fourth-order valence-electron chi connectivity index (χ4n) is 2.89. The van der Waals surface area contributed by atoms with E-state index in [4.69, 9.17) is 4.74 Å². The molecule has 1 aromatic heterocycles. The summed E-state index contributed by atoms with van der Waals surface area (Å²) < 4.78 is 32.9. The Kier molecular flexibility index (Phi) is 5.24. The van der Waals surface area contributed by atoms with E-state index in [-0.39, 0.29) is 17.2 Å². The summed E-state index contributed by atoms with van der Waals surface area (Å²) in [6, 6.07) is 9.01. The van der Waals surface area contributed by atoms with Gasteiger partial charge in [-0.1, -0.05) is 0 Å². The van der Waals surface area contributed by atoms with Crippen LogP contribution in [0.5, 0.6) is 5.75 Å². The molecule has 1 saturated heterocycles. The van der Waals surface area contributed by atoms with Gasteiger partial charge in [0, 0.05) is 30.9 Å². The number of ketones is 1. The molecule has 0 bridgehead atoms. The molecule has 0 unspecified atom stereocenters. The van der Waals surface area contributed by atoms with E-state index in [0.29, 0.717) is 24.4 Å². The van der Waals surface area contributed by atoms with Gasteiger partial charge in [-0.3, -0.25) is 9.59 Å². The molecule has 3 rings (SSSR count). The van der Waals surface area contributed by atoms with E-state index in [1.165, 1.54) is 29.7 Å². The second-order valence-corrected chi connectivity index (χ2v) is 8.03. The highest BCUT2D eigenvalue weighted by Crippen LogP contribution is 2.20. The zero-order chi connectivity index (χ0) is 18.7. The molecule has 0 atom stereocenters. The van der Waals surface area contributed by atoms with Crippen LogP contribution in [0.4, 0.5) is 0 Å². The van der Waals surface area contributed by atoms with Crippen LogP contribution < -0.4 is 10.3 Å². The SMILES string of the molecule is COc1ccc(C(=O)Cn2cc(S(=O)(=O)N3CCCC3)ccc2=O)cc1. The van der Waals surface area contributed by atoms with Gasteiger partial charge in [0.2, 0.25) is 10.0 Å². The molecule has 0 N–H and O–H groups in total. The van der Waals surface area contributed by atoms with Crippen molar-refractivity contribution >= 4 is 15.8 Å². The number of carbonyl (C=O) groups excluding carboxylic acids is 1. The van der Waals surface area contributed by atoms with Crippen LogP contribution in [0.25, 0.3) is 0 Å². The Balaban J connectivity index is 1.85. The highest BCUT2D eigenvalue weighted by Gasteiger charge is 2.27. The van der Waals surface area contributed by atoms with Crippen molar-refractivity contribution in [2.24, 2.45) is 0 Å². The molecule has 2 aromatic rings. The van der Waals surface area contributed by atoms with E-state index in [1.807, 2.05) is 0 Å². The molecule has 8 heteroatoms. The van der Waals surface area contributed by atoms with Gasteiger partial charge < -0.3 is 9.30 Å². The van der Waals surface area contributed by atoms with Gasteiger partial charge in [-0.15, -0.1) is 0 Å². The fourth-order valence-corrected chi connectivity index (χ4v) is 4.42. The van der Waals surface area contributed by atoms with Crippen molar-refractivity contribution in [3.05, 3.63) is 58.5 Å². The van der Waals surface area contributed by atoms with Crippen molar-refractivity contribution < 1.29 is 17.9 Å². The number of rotatable bonds is 6.